The minimum absolute atomic E-state index is 0.0847. The first-order valence-electron chi connectivity index (χ1n) is 16.6. The van der Waals surface area contributed by atoms with E-state index in [-0.39, 0.29) is 47.5 Å². The summed E-state index contributed by atoms with van der Waals surface area (Å²) in [6, 6.07) is 7.48. The number of carbonyl (C=O) groups excluding carboxylic acids is 2. The van der Waals surface area contributed by atoms with Gasteiger partial charge in [0, 0.05) is 22.7 Å². The van der Waals surface area contributed by atoms with Crippen LogP contribution >= 0.6 is 0 Å². The molecule has 0 bridgehead atoms. The van der Waals surface area contributed by atoms with Gasteiger partial charge in [-0.1, -0.05) is 18.2 Å². The van der Waals surface area contributed by atoms with Gasteiger partial charge in [-0.25, -0.2) is 9.18 Å². The molecule has 0 radical (unpaired) electrons. The Morgan fingerprint density at radius 3 is 2.31 bits per heavy atom. The van der Waals surface area contributed by atoms with Crippen LogP contribution in [0.25, 0.3) is 11.1 Å². The third-order valence-electron chi connectivity index (χ3n) is 10.1. The number of pyridine rings is 1. The van der Waals surface area contributed by atoms with Gasteiger partial charge in [0.25, 0.3) is 0 Å². The van der Waals surface area contributed by atoms with Gasteiger partial charge in [0.1, 0.15) is 11.9 Å². The Hall–Kier alpha value is -3.90. The second-order valence-electron chi connectivity index (χ2n) is 13.4. The number of hydrogen-bond donors (Lipinski definition) is 0. The predicted octanol–water partition coefficient (Wildman–Crippen LogP) is 9.31. The van der Waals surface area contributed by atoms with E-state index < -0.39 is 54.3 Å². The van der Waals surface area contributed by atoms with Crippen molar-refractivity contribution < 1.29 is 49.8 Å². The van der Waals surface area contributed by atoms with Gasteiger partial charge < -0.3 is 9.47 Å². The average molecular weight is 695 g/mol. The molecule has 1 amide bonds. The van der Waals surface area contributed by atoms with Crippen molar-refractivity contribution in [1.82, 2.24) is 9.88 Å². The molecule has 2 heterocycles. The van der Waals surface area contributed by atoms with Crippen molar-refractivity contribution in [2.24, 2.45) is 11.8 Å². The van der Waals surface area contributed by atoms with E-state index in [4.69, 9.17) is 14.5 Å². The molecule has 2 saturated carbocycles. The van der Waals surface area contributed by atoms with Crippen molar-refractivity contribution in [3.63, 3.8) is 0 Å². The number of carbonyl (C=O) groups is 2. The molecule has 1 aromatic carbocycles. The molecule has 0 N–H and O–H groups in total. The van der Waals surface area contributed by atoms with Crippen molar-refractivity contribution in [1.29, 1.82) is 0 Å². The van der Waals surface area contributed by atoms with Crippen molar-refractivity contribution >= 4 is 12.1 Å². The Bertz CT molecular complexity index is 1660. The van der Waals surface area contributed by atoms with Crippen LogP contribution in [0.2, 0.25) is 0 Å². The molecular formula is C36H37F7N2O4. The summed E-state index contributed by atoms with van der Waals surface area (Å²) in [5.74, 6) is -3.00. The predicted molar refractivity (Wildman–Crippen MR) is 165 cm³/mol. The molecule has 3 aliphatic carbocycles. The molecule has 1 unspecified atom stereocenters. The summed E-state index contributed by atoms with van der Waals surface area (Å²) in [4.78, 5) is 31.5. The van der Waals surface area contributed by atoms with Crippen LogP contribution in [0.1, 0.15) is 87.6 Å². The van der Waals surface area contributed by atoms with E-state index in [2.05, 4.69) is 0 Å². The van der Waals surface area contributed by atoms with Crippen molar-refractivity contribution in [3.05, 3.63) is 76.4 Å². The largest absolute Gasteiger partial charge is 0.466 e. The molecule has 1 aliphatic heterocycles. The van der Waals surface area contributed by atoms with E-state index in [0.717, 1.165) is 36.9 Å². The topological polar surface area (TPSA) is 68.7 Å². The number of ether oxygens (including phenoxy) is 2. The number of amides is 1. The lowest BCUT2D eigenvalue weighted by Gasteiger charge is -2.29. The molecule has 6 rings (SSSR count). The molecule has 3 fully saturated rings. The number of allylic oxidation sites excluding steroid dienone is 3. The normalized spacial score (nSPS) is 26.3. The Labute approximate surface area is 279 Å². The van der Waals surface area contributed by atoms with Crippen molar-refractivity contribution in [2.75, 3.05) is 6.61 Å². The summed E-state index contributed by atoms with van der Waals surface area (Å²) in [7, 11) is 0. The zero-order valence-corrected chi connectivity index (χ0v) is 27.0. The highest BCUT2D eigenvalue weighted by atomic mass is 19.4. The van der Waals surface area contributed by atoms with Gasteiger partial charge in [-0.3, -0.25) is 14.7 Å². The monoisotopic (exact) mass is 694 g/mol. The molecule has 6 nitrogen and oxygen atoms in total. The van der Waals surface area contributed by atoms with Crippen LogP contribution in [0.15, 0.2) is 53.6 Å². The van der Waals surface area contributed by atoms with Gasteiger partial charge in [0.2, 0.25) is 0 Å². The SMILES string of the molecule is CCOC(=O)[C@H]1CC[C@H](c2ccc(F)c(-c3ccc(C4CC4)nc3CN3C(=O)O[C@H](C4=CC(C(F)(F)F)=CC(C(F)(F)F)C4)[C@@H]3C)c2)CC1. The van der Waals surface area contributed by atoms with Gasteiger partial charge in [-0.15, -0.1) is 0 Å². The first kappa shape index (κ1) is 34.9. The van der Waals surface area contributed by atoms with Gasteiger partial charge >= 0.3 is 24.4 Å². The molecule has 2 aromatic rings. The molecule has 264 valence electrons. The van der Waals surface area contributed by atoms with Gasteiger partial charge in [-0.05, 0) is 100 Å². The van der Waals surface area contributed by atoms with Crippen molar-refractivity contribution in [2.45, 2.75) is 102 Å². The Morgan fingerprint density at radius 2 is 1.67 bits per heavy atom. The Morgan fingerprint density at radius 1 is 0.980 bits per heavy atom. The first-order chi connectivity index (χ1) is 23.1. The summed E-state index contributed by atoms with van der Waals surface area (Å²) in [6.07, 6.45) is -7.64. The molecule has 4 aliphatic rings. The highest BCUT2D eigenvalue weighted by Gasteiger charge is 2.48. The van der Waals surface area contributed by atoms with E-state index >= 15 is 4.39 Å². The van der Waals surface area contributed by atoms with Crippen LogP contribution < -0.4 is 0 Å². The highest BCUT2D eigenvalue weighted by Crippen LogP contribution is 2.45. The number of esters is 1. The zero-order chi connectivity index (χ0) is 35.2. The van der Waals surface area contributed by atoms with E-state index in [1.807, 2.05) is 6.07 Å². The standard InChI is InChI=1S/C36H37F7N2O4/c1-3-48-33(46)22-8-4-20(5-9-22)23-10-12-29(37)28(16-23)27-11-13-30(21-6-7-21)44-31(27)18-45-19(2)32(49-34(45)47)24-14-25(35(38,39)40)17-26(15-24)36(41,42)43/h10-14,16-17,19-22,26,32H,3-9,15,18H2,1-2H3/t19-,20-,22-,26?,32-/m0/s1. The summed E-state index contributed by atoms with van der Waals surface area (Å²) in [5, 5.41) is 0. The van der Waals surface area contributed by atoms with Crippen LogP contribution in [0.5, 0.6) is 0 Å². The third kappa shape index (κ3) is 7.50. The molecule has 3 atom stereocenters. The molecule has 1 aromatic heterocycles. The number of nitrogens with zero attached hydrogens (tertiary/aromatic N) is 2. The quantitative estimate of drug-likeness (QED) is 0.204. The van der Waals surface area contributed by atoms with Crippen molar-refractivity contribution in [3.8, 4) is 11.1 Å². The fraction of sp³-hybridized carbons (Fsp3) is 0.528. The van der Waals surface area contributed by atoms with E-state index in [1.165, 1.54) is 17.9 Å². The number of benzene rings is 1. The van der Waals surface area contributed by atoms with Gasteiger partial charge in [-0.2, -0.15) is 26.3 Å². The first-order valence-corrected chi connectivity index (χ1v) is 16.6. The summed E-state index contributed by atoms with van der Waals surface area (Å²) in [6.45, 7) is 3.39. The molecule has 13 heteroatoms. The number of cyclic esters (lactones) is 1. The second-order valence-corrected chi connectivity index (χ2v) is 13.4. The average Bonchev–Trinajstić information content (AvgIpc) is 3.87. The second kappa shape index (κ2) is 13.4. The number of rotatable bonds is 8. The van der Waals surface area contributed by atoms with Crippen LogP contribution in [0.4, 0.5) is 35.5 Å². The summed E-state index contributed by atoms with van der Waals surface area (Å²) >= 11 is 0. The van der Waals surface area contributed by atoms with Gasteiger partial charge in [0.15, 0.2) is 0 Å². The minimum atomic E-state index is -5.03. The lowest BCUT2D eigenvalue weighted by Crippen LogP contribution is -2.36. The Balaban J connectivity index is 1.27. The van der Waals surface area contributed by atoms with Crippen LogP contribution in [0, 0.1) is 17.7 Å². The lowest BCUT2D eigenvalue weighted by atomic mass is 9.78. The fourth-order valence-electron chi connectivity index (χ4n) is 7.20. The highest BCUT2D eigenvalue weighted by molar-refractivity contribution is 5.74. The van der Waals surface area contributed by atoms with Gasteiger partial charge in [0.05, 0.1) is 42.3 Å². The molecule has 1 saturated heterocycles. The Kier molecular flexibility index (Phi) is 9.58. The maximum Gasteiger partial charge on any atom is 0.416 e. The number of halogens is 7. The third-order valence-corrected chi connectivity index (χ3v) is 10.1. The van der Waals surface area contributed by atoms with E-state index in [9.17, 15) is 35.9 Å². The summed E-state index contributed by atoms with van der Waals surface area (Å²) in [5.41, 5.74) is 0.950. The lowest BCUT2D eigenvalue weighted by molar-refractivity contribution is -0.163. The smallest absolute Gasteiger partial charge is 0.416 e. The number of alkyl halides is 6. The number of aromatic nitrogens is 1. The maximum absolute atomic E-state index is 15.6. The zero-order valence-electron chi connectivity index (χ0n) is 27.0. The minimum Gasteiger partial charge on any atom is -0.466 e. The molecule has 49 heavy (non-hydrogen) atoms. The number of hydrogen-bond acceptors (Lipinski definition) is 5. The fourth-order valence-corrected chi connectivity index (χ4v) is 7.20. The molecular weight excluding hydrogens is 657 g/mol. The van der Waals surface area contributed by atoms with E-state index in [0.29, 0.717) is 36.8 Å². The molecule has 0 spiro atoms. The van der Waals surface area contributed by atoms with E-state index in [1.54, 1.807) is 25.1 Å². The van der Waals surface area contributed by atoms with Crippen LogP contribution in [-0.2, 0) is 20.8 Å². The summed E-state index contributed by atoms with van der Waals surface area (Å²) < 4.78 is 108. The van der Waals surface area contributed by atoms with Crippen LogP contribution in [0.3, 0.4) is 0 Å². The maximum atomic E-state index is 15.6. The van der Waals surface area contributed by atoms with Crippen LogP contribution in [-0.4, -0.2) is 53.1 Å².